The molecule has 0 radical (unpaired) electrons. The van der Waals surface area contributed by atoms with E-state index in [0.29, 0.717) is 16.8 Å². The van der Waals surface area contributed by atoms with Crippen LogP contribution >= 0.6 is 0 Å². The number of hydrogen-bond donors (Lipinski definition) is 1. The largest absolute Gasteiger partial charge is 0.510 e. The van der Waals surface area contributed by atoms with Crippen molar-refractivity contribution in [2.24, 2.45) is 0 Å². The first kappa shape index (κ1) is 13.1. The van der Waals surface area contributed by atoms with Crippen LogP contribution in [-0.2, 0) is 9.53 Å². The summed E-state index contributed by atoms with van der Waals surface area (Å²) in [4.78, 5) is 27.8. The van der Waals surface area contributed by atoms with E-state index in [2.05, 4.69) is 9.97 Å². The summed E-state index contributed by atoms with van der Waals surface area (Å²) in [5, 5.41) is 0. The van der Waals surface area contributed by atoms with Gasteiger partial charge in [-0.3, -0.25) is 0 Å². The number of aromatic amines is 2. The molecule has 0 aromatic carbocycles. The van der Waals surface area contributed by atoms with Crippen molar-refractivity contribution in [2.75, 3.05) is 0 Å². The molecule has 19 heavy (non-hydrogen) atoms. The number of carbonyl (C=O) groups is 1. The molecule has 0 spiro atoms. The van der Waals surface area contributed by atoms with Crippen molar-refractivity contribution >= 4 is 23.3 Å². The molecule has 100 valence electrons. The molecule has 0 saturated carbocycles. The van der Waals surface area contributed by atoms with Gasteiger partial charge in [-0.05, 0) is 26.8 Å². The van der Waals surface area contributed by atoms with E-state index >= 15 is 0 Å². The van der Waals surface area contributed by atoms with Gasteiger partial charge in [0, 0.05) is 17.7 Å². The molecule has 0 amide bonds. The zero-order valence-corrected chi connectivity index (χ0v) is 10.9. The number of rotatable bonds is 2. The van der Waals surface area contributed by atoms with Crippen molar-refractivity contribution in [3.05, 3.63) is 34.5 Å². The predicted molar refractivity (Wildman–Crippen MR) is 68.3 cm³/mol. The molecule has 2 N–H and O–H groups in total. The summed E-state index contributed by atoms with van der Waals surface area (Å²) in [6, 6.07) is 1.64. The highest BCUT2D eigenvalue weighted by molar-refractivity contribution is 5.87. The minimum atomic E-state index is -0.528. The van der Waals surface area contributed by atoms with E-state index in [1.54, 1.807) is 39.1 Å². The van der Waals surface area contributed by atoms with E-state index in [4.69, 9.17) is 9.15 Å². The number of fused-ring (bicyclic) bond motifs is 1. The van der Waals surface area contributed by atoms with Crippen LogP contribution in [0.5, 0.6) is 0 Å². The van der Waals surface area contributed by atoms with Gasteiger partial charge in [-0.1, -0.05) is 0 Å². The Balaban J connectivity index is 2.16. The third-order valence-electron chi connectivity index (χ3n) is 2.18. The summed E-state index contributed by atoms with van der Waals surface area (Å²) < 4.78 is 10.0. The Morgan fingerprint density at radius 2 is 2.21 bits per heavy atom. The molecule has 6 nitrogen and oxygen atoms in total. The molecule has 0 fully saturated rings. The Morgan fingerprint density at radius 1 is 1.47 bits per heavy atom. The van der Waals surface area contributed by atoms with Crippen LogP contribution < -0.4 is 10.7 Å². The van der Waals surface area contributed by atoms with Gasteiger partial charge in [-0.2, -0.15) is 9.78 Å². The van der Waals surface area contributed by atoms with Crippen molar-refractivity contribution in [2.45, 2.75) is 26.4 Å². The molecule has 2 rings (SSSR count). The SMILES string of the molecule is CC(C)(C)OC(=O)C=Cc1c[nH+]c2[nH]c(=O)oc2c1. The van der Waals surface area contributed by atoms with Crippen LogP contribution in [0.25, 0.3) is 17.3 Å². The van der Waals surface area contributed by atoms with Crippen LogP contribution in [0, 0.1) is 0 Å². The van der Waals surface area contributed by atoms with Crippen molar-refractivity contribution in [3.8, 4) is 0 Å². The molecule has 0 unspecified atom stereocenters. The maximum Gasteiger partial charge on any atom is 0.510 e. The van der Waals surface area contributed by atoms with Gasteiger partial charge in [0.15, 0.2) is 0 Å². The molecule has 2 heterocycles. The van der Waals surface area contributed by atoms with Crippen LogP contribution in [0.4, 0.5) is 0 Å². The summed E-state index contributed by atoms with van der Waals surface area (Å²) >= 11 is 0. The number of carbonyl (C=O) groups excluding carboxylic acids is 1. The van der Waals surface area contributed by atoms with Crippen LogP contribution in [-0.4, -0.2) is 16.6 Å². The smallest absolute Gasteiger partial charge is 0.457 e. The summed E-state index contributed by atoms with van der Waals surface area (Å²) in [5.74, 6) is -0.956. The summed E-state index contributed by atoms with van der Waals surface area (Å²) in [6.45, 7) is 5.40. The van der Waals surface area contributed by atoms with Gasteiger partial charge in [-0.15, -0.1) is 0 Å². The zero-order valence-electron chi connectivity index (χ0n) is 10.9. The van der Waals surface area contributed by atoms with Crippen molar-refractivity contribution in [1.29, 1.82) is 0 Å². The molecule has 0 aliphatic rings. The lowest BCUT2D eigenvalue weighted by molar-refractivity contribution is -0.347. The molecule has 0 aliphatic carbocycles. The van der Waals surface area contributed by atoms with Crippen molar-refractivity contribution in [3.63, 3.8) is 0 Å². The number of aromatic nitrogens is 2. The normalized spacial score (nSPS) is 12.2. The number of H-pyrrole nitrogens is 2. The molecule has 0 atom stereocenters. The fraction of sp³-hybridized carbons (Fsp3) is 0.308. The lowest BCUT2D eigenvalue weighted by Crippen LogP contribution is -2.22. The van der Waals surface area contributed by atoms with E-state index < -0.39 is 17.3 Å². The first-order valence-electron chi connectivity index (χ1n) is 5.79. The number of pyridine rings is 1. The van der Waals surface area contributed by atoms with Crippen LogP contribution in [0.1, 0.15) is 26.3 Å². The van der Waals surface area contributed by atoms with Gasteiger partial charge < -0.3 is 9.15 Å². The molecular formula is C13H15N2O4+. The van der Waals surface area contributed by atoms with Gasteiger partial charge in [0.25, 0.3) is 0 Å². The molecule has 0 saturated heterocycles. The Bertz CT molecular complexity index is 688. The average molecular weight is 263 g/mol. The van der Waals surface area contributed by atoms with Gasteiger partial charge in [0.2, 0.25) is 5.58 Å². The molecular weight excluding hydrogens is 248 g/mol. The zero-order chi connectivity index (χ0) is 14.0. The predicted octanol–water partition coefficient (Wildman–Crippen LogP) is 1.29. The number of ether oxygens (including phenoxy) is 1. The van der Waals surface area contributed by atoms with Crippen molar-refractivity contribution in [1.82, 2.24) is 4.98 Å². The minimum absolute atomic E-state index is 0.399. The first-order valence-corrected chi connectivity index (χ1v) is 5.79. The van der Waals surface area contributed by atoms with Crippen LogP contribution in [0.15, 0.2) is 27.6 Å². The molecule has 0 bridgehead atoms. The van der Waals surface area contributed by atoms with E-state index in [0.717, 1.165) is 0 Å². The number of oxazole rings is 1. The first-order chi connectivity index (χ1) is 8.83. The van der Waals surface area contributed by atoms with Gasteiger partial charge in [0.1, 0.15) is 5.60 Å². The Labute approximate surface area is 109 Å². The Morgan fingerprint density at radius 3 is 2.89 bits per heavy atom. The Hall–Kier alpha value is -2.37. The quantitative estimate of drug-likeness (QED) is 0.653. The van der Waals surface area contributed by atoms with Crippen LogP contribution in [0.3, 0.4) is 0 Å². The third kappa shape index (κ3) is 3.54. The Kier molecular flexibility index (Phi) is 3.25. The molecule has 2 aromatic rings. The van der Waals surface area contributed by atoms with Gasteiger partial charge in [0.05, 0.1) is 6.20 Å². The maximum absolute atomic E-state index is 11.5. The fourth-order valence-corrected chi connectivity index (χ4v) is 1.49. The second kappa shape index (κ2) is 4.72. The second-order valence-corrected chi connectivity index (χ2v) is 5.05. The van der Waals surface area contributed by atoms with E-state index in [-0.39, 0.29) is 0 Å². The number of esters is 1. The van der Waals surface area contributed by atoms with E-state index in [1.807, 2.05) is 0 Å². The monoisotopic (exact) mass is 263 g/mol. The molecule has 0 aliphatic heterocycles. The highest BCUT2D eigenvalue weighted by Gasteiger charge is 2.14. The second-order valence-electron chi connectivity index (χ2n) is 5.05. The highest BCUT2D eigenvalue weighted by Crippen LogP contribution is 2.10. The molecule has 2 aromatic heterocycles. The topological polar surface area (TPSA) is 86.4 Å². The number of nitrogens with one attached hydrogen (secondary N) is 2. The van der Waals surface area contributed by atoms with E-state index in [9.17, 15) is 9.59 Å². The summed E-state index contributed by atoms with van der Waals surface area (Å²) in [7, 11) is 0. The minimum Gasteiger partial charge on any atom is -0.457 e. The van der Waals surface area contributed by atoms with Crippen molar-refractivity contribution < 1.29 is 18.9 Å². The third-order valence-corrected chi connectivity index (χ3v) is 2.18. The van der Waals surface area contributed by atoms with Gasteiger partial charge >= 0.3 is 17.4 Å². The van der Waals surface area contributed by atoms with Gasteiger partial charge in [-0.25, -0.2) is 9.78 Å². The maximum atomic E-state index is 11.5. The summed E-state index contributed by atoms with van der Waals surface area (Å²) in [5.41, 5.74) is 1.07. The standard InChI is InChI=1S/C13H14N2O4/c1-13(2,3)19-10(16)5-4-8-6-9-11(14-7-8)15-12(17)18-9/h4-7H,1-3H3,(H,14,15,17)/p+1. The summed E-state index contributed by atoms with van der Waals surface area (Å²) in [6.07, 6.45) is 4.55. The number of hydrogen-bond acceptors (Lipinski definition) is 4. The highest BCUT2D eigenvalue weighted by atomic mass is 16.6. The van der Waals surface area contributed by atoms with E-state index in [1.165, 1.54) is 6.08 Å². The molecule has 6 heteroatoms. The lowest BCUT2D eigenvalue weighted by Gasteiger charge is -2.17. The lowest BCUT2D eigenvalue weighted by atomic mass is 10.2. The average Bonchev–Trinajstić information content (AvgIpc) is 2.63. The fourth-order valence-electron chi connectivity index (χ4n) is 1.49. The van der Waals surface area contributed by atoms with Crippen LogP contribution in [0.2, 0.25) is 0 Å².